The molecule has 6 heteroatoms. The van der Waals surface area contributed by atoms with E-state index in [0.717, 1.165) is 47.5 Å². The largest absolute Gasteiger partial charge is 0.363 e. The fourth-order valence-electron chi connectivity index (χ4n) is 4.22. The molecule has 162 valence electrons. The Morgan fingerprint density at radius 2 is 1.74 bits per heavy atom. The van der Waals surface area contributed by atoms with Crippen molar-refractivity contribution in [2.24, 2.45) is 13.0 Å². The smallest absolute Gasteiger partial charge is 0.226 e. The number of aromatic nitrogens is 2. The quantitative estimate of drug-likeness (QED) is 0.560. The normalized spacial score (nSPS) is 13.7. The van der Waals surface area contributed by atoms with Crippen LogP contribution >= 0.6 is 0 Å². The molecule has 0 atom stereocenters. The van der Waals surface area contributed by atoms with Gasteiger partial charge in [0.2, 0.25) is 5.91 Å². The molecule has 0 radical (unpaired) electrons. The van der Waals surface area contributed by atoms with Crippen molar-refractivity contribution in [1.82, 2.24) is 14.7 Å². The van der Waals surface area contributed by atoms with Gasteiger partial charge in [0.05, 0.1) is 12.2 Å². The molecule has 1 fully saturated rings. The van der Waals surface area contributed by atoms with E-state index in [-0.39, 0.29) is 17.6 Å². The molecule has 1 aromatic heterocycles. The van der Waals surface area contributed by atoms with Crippen molar-refractivity contribution in [2.45, 2.75) is 32.4 Å². The molecule has 1 saturated carbocycles. The van der Waals surface area contributed by atoms with Crippen LogP contribution in [0.25, 0.3) is 11.3 Å². The van der Waals surface area contributed by atoms with Crippen molar-refractivity contribution in [3.05, 3.63) is 71.5 Å². The van der Waals surface area contributed by atoms with Gasteiger partial charge in [0.15, 0.2) is 0 Å². The molecule has 0 saturated heterocycles. The molecule has 2 aromatic carbocycles. The molecule has 0 spiro atoms. The Labute approximate surface area is 183 Å². The Kier molecular flexibility index (Phi) is 6.07. The number of hydrogen-bond donors (Lipinski definition) is 0. The van der Waals surface area contributed by atoms with E-state index in [0.29, 0.717) is 13.1 Å². The minimum atomic E-state index is -0.269. The molecule has 1 aliphatic rings. The van der Waals surface area contributed by atoms with Crippen molar-refractivity contribution < 1.29 is 9.18 Å². The lowest BCUT2D eigenvalue weighted by Crippen LogP contribution is -2.38. The molecule has 0 bridgehead atoms. The third-order valence-corrected chi connectivity index (χ3v) is 5.98. The maximum atomic E-state index is 13.4. The summed E-state index contributed by atoms with van der Waals surface area (Å²) in [5.74, 6) is 0.960. The van der Waals surface area contributed by atoms with Crippen molar-refractivity contribution >= 4 is 11.7 Å². The third kappa shape index (κ3) is 4.48. The molecule has 5 nitrogen and oxygen atoms in total. The fraction of sp³-hybridized carbons (Fsp3) is 0.360. The van der Waals surface area contributed by atoms with Crippen LogP contribution < -0.4 is 4.90 Å². The Hall–Kier alpha value is -3.15. The summed E-state index contributed by atoms with van der Waals surface area (Å²) in [7, 11) is 5.92. The van der Waals surface area contributed by atoms with Gasteiger partial charge in [-0.2, -0.15) is 5.10 Å². The number of benzene rings is 2. The van der Waals surface area contributed by atoms with Gasteiger partial charge in [0.25, 0.3) is 0 Å². The minimum Gasteiger partial charge on any atom is -0.363 e. The zero-order chi connectivity index (χ0) is 22.0. The number of rotatable bonds is 7. The van der Waals surface area contributed by atoms with Crippen LogP contribution in [0.15, 0.2) is 54.6 Å². The predicted octanol–water partition coefficient (Wildman–Crippen LogP) is 4.62. The van der Waals surface area contributed by atoms with Crippen molar-refractivity contribution in [3.63, 3.8) is 0 Å². The summed E-state index contributed by atoms with van der Waals surface area (Å²) in [6, 6.07) is 16.5. The van der Waals surface area contributed by atoms with Crippen LogP contribution in [0.3, 0.4) is 0 Å². The van der Waals surface area contributed by atoms with Gasteiger partial charge in [-0.1, -0.05) is 48.9 Å². The first-order valence-corrected chi connectivity index (χ1v) is 10.8. The molecular weight excluding hydrogens is 391 g/mol. The second kappa shape index (κ2) is 8.92. The second-order valence-electron chi connectivity index (χ2n) is 8.48. The number of anilines is 1. The van der Waals surface area contributed by atoms with Gasteiger partial charge < -0.3 is 9.80 Å². The Morgan fingerprint density at radius 1 is 1.06 bits per heavy atom. The van der Waals surface area contributed by atoms with Crippen LogP contribution in [0, 0.1) is 11.7 Å². The van der Waals surface area contributed by atoms with Crippen LogP contribution in [0.4, 0.5) is 10.2 Å². The third-order valence-electron chi connectivity index (χ3n) is 5.98. The monoisotopic (exact) mass is 420 g/mol. The first kappa shape index (κ1) is 21.1. The topological polar surface area (TPSA) is 41.4 Å². The van der Waals surface area contributed by atoms with Gasteiger partial charge in [-0.05, 0) is 30.5 Å². The average Bonchev–Trinajstić information content (AvgIpc) is 3.04. The van der Waals surface area contributed by atoms with E-state index in [9.17, 15) is 9.18 Å². The van der Waals surface area contributed by atoms with Crippen LogP contribution in [-0.2, 0) is 24.9 Å². The number of halogens is 1. The van der Waals surface area contributed by atoms with E-state index in [1.165, 1.54) is 12.1 Å². The van der Waals surface area contributed by atoms with Gasteiger partial charge in [-0.25, -0.2) is 4.39 Å². The van der Waals surface area contributed by atoms with Crippen LogP contribution in [0.1, 0.15) is 30.4 Å². The zero-order valence-corrected chi connectivity index (χ0v) is 18.4. The summed E-state index contributed by atoms with van der Waals surface area (Å²) in [5, 5.41) is 4.80. The van der Waals surface area contributed by atoms with Gasteiger partial charge >= 0.3 is 0 Å². The zero-order valence-electron chi connectivity index (χ0n) is 18.4. The molecule has 4 rings (SSSR count). The molecule has 1 amide bonds. The summed E-state index contributed by atoms with van der Waals surface area (Å²) in [4.78, 5) is 17.3. The van der Waals surface area contributed by atoms with Crippen LogP contribution in [0.5, 0.6) is 0 Å². The summed E-state index contributed by atoms with van der Waals surface area (Å²) < 4.78 is 15.3. The van der Waals surface area contributed by atoms with Gasteiger partial charge in [0.1, 0.15) is 11.6 Å². The van der Waals surface area contributed by atoms with Crippen LogP contribution in [-0.4, -0.2) is 34.7 Å². The molecule has 0 unspecified atom stereocenters. The van der Waals surface area contributed by atoms with E-state index in [2.05, 4.69) is 0 Å². The number of hydrogen-bond acceptors (Lipinski definition) is 3. The predicted molar refractivity (Wildman–Crippen MR) is 121 cm³/mol. The molecule has 3 aromatic rings. The van der Waals surface area contributed by atoms with E-state index < -0.39 is 0 Å². The number of nitrogens with zero attached hydrogens (tertiary/aromatic N) is 4. The van der Waals surface area contributed by atoms with Gasteiger partial charge in [-0.15, -0.1) is 0 Å². The number of carbonyl (C=O) groups is 1. The van der Waals surface area contributed by atoms with Crippen molar-refractivity contribution in [2.75, 3.05) is 19.0 Å². The lowest BCUT2D eigenvalue weighted by Gasteiger charge is -2.32. The first-order chi connectivity index (χ1) is 14.9. The number of aryl methyl sites for hydroxylation is 1. The standard InChI is InChI=1S/C25H29FN4O/c1-28(2)24-22(23(27-29(24)3)19-8-5-4-6-9-19)17-30(25(31)20-10-7-11-20)16-18-12-14-21(26)15-13-18/h4-6,8-9,12-15,20H,7,10-11,16-17H2,1-3H3. The molecule has 0 aliphatic heterocycles. The average molecular weight is 421 g/mol. The highest BCUT2D eigenvalue weighted by Gasteiger charge is 2.31. The Balaban J connectivity index is 1.73. The lowest BCUT2D eigenvalue weighted by atomic mass is 9.84. The molecule has 0 N–H and O–H groups in total. The maximum Gasteiger partial charge on any atom is 0.226 e. The van der Waals surface area contributed by atoms with E-state index in [1.54, 1.807) is 12.1 Å². The Bertz CT molecular complexity index is 1040. The highest BCUT2D eigenvalue weighted by molar-refractivity contribution is 5.80. The van der Waals surface area contributed by atoms with E-state index in [1.807, 2.05) is 66.0 Å². The number of amides is 1. The van der Waals surface area contributed by atoms with Crippen molar-refractivity contribution in [3.8, 4) is 11.3 Å². The molecule has 1 aliphatic carbocycles. The van der Waals surface area contributed by atoms with E-state index in [4.69, 9.17) is 5.10 Å². The lowest BCUT2D eigenvalue weighted by molar-refractivity contribution is -0.139. The SMILES string of the molecule is CN(C)c1c(CN(Cc2ccc(F)cc2)C(=O)C2CCC2)c(-c2ccccc2)nn1C. The van der Waals surface area contributed by atoms with Crippen LogP contribution in [0.2, 0.25) is 0 Å². The minimum absolute atomic E-state index is 0.0834. The summed E-state index contributed by atoms with van der Waals surface area (Å²) in [6.07, 6.45) is 2.99. The first-order valence-electron chi connectivity index (χ1n) is 10.8. The highest BCUT2D eigenvalue weighted by Crippen LogP contribution is 2.34. The maximum absolute atomic E-state index is 13.4. The molecule has 1 heterocycles. The second-order valence-corrected chi connectivity index (χ2v) is 8.48. The molecular formula is C25H29FN4O. The van der Waals surface area contributed by atoms with E-state index >= 15 is 0 Å². The highest BCUT2D eigenvalue weighted by atomic mass is 19.1. The Morgan fingerprint density at radius 3 is 2.32 bits per heavy atom. The summed E-state index contributed by atoms with van der Waals surface area (Å²) >= 11 is 0. The summed E-state index contributed by atoms with van der Waals surface area (Å²) in [6.45, 7) is 0.907. The van der Waals surface area contributed by atoms with Crippen molar-refractivity contribution in [1.29, 1.82) is 0 Å². The summed E-state index contributed by atoms with van der Waals surface area (Å²) in [5.41, 5.74) is 3.86. The fourth-order valence-corrected chi connectivity index (χ4v) is 4.22. The van der Waals surface area contributed by atoms with Gasteiger partial charge in [0, 0.05) is 44.7 Å². The van der Waals surface area contributed by atoms with Gasteiger partial charge in [-0.3, -0.25) is 9.48 Å². The molecule has 31 heavy (non-hydrogen) atoms. The number of carbonyl (C=O) groups excluding carboxylic acids is 1.